The molecule has 0 radical (unpaired) electrons. The molecule has 1 aliphatic rings. The summed E-state index contributed by atoms with van der Waals surface area (Å²) in [5, 5.41) is 4.83. The Morgan fingerprint density at radius 3 is 2.88 bits per heavy atom. The molecule has 2 nitrogen and oxygen atoms in total. The van der Waals surface area contributed by atoms with Crippen LogP contribution in [0.5, 0.6) is 0 Å². The average molecular weight is 257 g/mol. The Labute approximate surface area is 106 Å². The standard InChI is InChI=1S/C12H17ClN2S/c1-9-12(8-14,6-7-16-9)15-11-5-3-2-4-10(11)13/h2-5,9,15H,6-8,14H2,1H3. The van der Waals surface area contributed by atoms with E-state index >= 15 is 0 Å². The molecule has 2 unspecified atom stereocenters. The van der Waals surface area contributed by atoms with E-state index in [0.717, 1.165) is 22.9 Å². The molecule has 1 aromatic rings. The zero-order valence-electron chi connectivity index (χ0n) is 9.37. The van der Waals surface area contributed by atoms with Crippen LogP contribution in [-0.4, -0.2) is 23.1 Å². The fourth-order valence-corrected chi connectivity index (χ4v) is 3.71. The minimum Gasteiger partial charge on any atom is -0.376 e. The van der Waals surface area contributed by atoms with Crippen LogP contribution in [0.25, 0.3) is 0 Å². The van der Waals surface area contributed by atoms with E-state index in [0.29, 0.717) is 11.8 Å². The van der Waals surface area contributed by atoms with Crippen LogP contribution in [-0.2, 0) is 0 Å². The fraction of sp³-hybridized carbons (Fsp3) is 0.500. The first-order valence-corrected chi connectivity index (χ1v) is 6.95. The number of thioether (sulfide) groups is 1. The van der Waals surface area contributed by atoms with Crippen molar-refractivity contribution in [2.24, 2.45) is 5.73 Å². The van der Waals surface area contributed by atoms with E-state index in [2.05, 4.69) is 12.2 Å². The van der Waals surface area contributed by atoms with Gasteiger partial charge in [-0.3, -0.25) is 0 Å². The van der Waals surface area contributed by atoms with Gasteiger partial charge in [-0.15, -0.1) is 0 Å². The molecule has 0 aliphatic carbocycles. The molecule has 1 fully saturated rings. The maximum absolute atomic E-state index is 6.16. The number of hydrogen-bond donors (Lipinski definition) is 2. The van der Waals surface area contributed by atoms with Crippen LogP contribution in [0.4, 0.5) is 5.69 Å². The summed E-state index contributed by atoms with van der Waals surface area (Å²) in [6.07, 6.45) is 1.10. The Hall–Kier alpha value is -0.380. The molecule has 16 heavy (non-hydrogen) atoms. The van der Waals surface area contributed by atoms with Gasteiger partial charge in [0.25, 0.3) is 0 Å². The van der Waals surface area contributed by atoms with Crippen molar-refractivity contribution < 1.29 is 0 Å². The normalized spacial score (nSPS) is 29.3. The van der Waals surface area contributed by atoms with Crippen LogP contribution in [0.1, 0.15) is 13.3 Å². The topological polar surface area (TPSA) is 38.0 Å². The monoisotopic (exact) mass is 256 g/mol. The van der Waals surface area contributed by atoms with E-state index in [1.54, 1.807) is 0 Å². The van der Waals surface area contributed by atoms with E-state index in [-0.39, 0.29) is 5.54 Å². The second-order valence-electron chi connectivity index (χ2n) is 4.23. The number of para-hydroxylation sites is 1. The third kappa shape index (κ3) is 2.17. The Morgan fingerprint density at radius 2 is 2.31 bits per heavy atom. The molecule has 2 atom stereocenters. The van der Waals surface area contributed by atoms with Crippen molar-refractivity contribution in [2.75, 3.05) is 17.6 Å². The summed E-state index contributed by atoms with van der Waals surface area (Å²) in [5.41, 5.74) is 6.92. The first-order chi connectivity index (χ1) is 7.68. The predicted molar refractivity (Wildman–Crippen MR) is 73.4 cm³/mol. The molecule has 0 amide bonds. The van der Waals surface area contributed by atoms with Crippen LogP contribution in [0, 0.1) is 0 Å². The summed E-state index contributed by atoms with van der Waals surface area (Å²) in [4.78, 5) is 0. The molecule has 1 saturated heterocycles. The second kappa shape index (κ2) is 4.86. The average Bonchev–Trinajstić information content (AvgIpc) is 2.64. The Kier molecular flexibility index (Phi) is 3.67. The van der Waals surface area contributed by atoms with Crippen LogP contribution >= 0.6 is 23.4 Å². The van der Waals surface area contributed by atoms with Crippen molar-refractivity contribution in [1.82, 2.24) is 0 Å². The number of nitrogens with two attached hydrogens (primary N) is 1. The third-order valence-corrected chi connectivity index (χ3v) is 5.04. The third-order valence-electron chi connectivity index (χ3n) is 3.32. The predicted octanol–water partition coefficient (Wildman–Crippen LogP) is 2.97. The highest BCUT2D eigenvalue weighted by atomic mass is 35.5. The zero-order chi connectivity index (χ0) is 11.6. The number of halogens is 1. The van der Waals surface area contributed by atoms with Crippen molar-refractivity contribution in [2.45, 2.75) is 24.1 Å². The number of rotatable bonds is 3. The zero-order valence-corrected chi connectivity index (χ0v) is 10.9. The van der Waals surface area contributed by atoms with Crippen LogP contribution < -0.4 is 11.1 Å². The summed E-state index contributed by atoms with van der Waals surface area (Å²) in [6, 6.07) is 7.84. The second-order valence-corrected chi connectivity index (χ2v) is 6.08. The fourth-order valence-electron chi connectivity index (χ4n) is 2.09. The van der Waals surface area contributed by atoms with Gasteiger partial charge in [0.05, 0.1) is 16.2 Å². The van der Waals surface area contributed by atoms with Gasteiger partial charge in [-0.25, -0.2) is 0 Å². The molecular weight excluding hydrogens is 240 g/mol. The first-order valence-electron chi connectivity index (χ1n) is 5.52. The van der Waals surface area contributed by atoms with Gasteiger partial charge >= 0.3 is 0 Å². The van der Waals surface area contributed by atoms with Gasteiger partial charge in [0.1, 0.15) is 0 Å². The minimum absolute atomic E-state index is 0.00431. The van der Waals surface area contributed by atoms with Crippen molar-refractivity contribution >= 4 is 29.1 Å². The van der Waals surface area contributed by atoms with Gasteiger partial charge in [0.15, 0.2) is 0 Å². The summed E-state index contributed by atoms with van der Waals surface area (Å²) < 4.78 is 0. The molecule has 1 aliphatic heterocycles. The number of nitrogens with one attached hydrogen (secondary N) is 1. The van der Waals surface area contributed by atoms with E-state index < -0.39 is 0 Å². The molecule has 88 valence electrons. The molecule has 0 bridgehead atoms. The number of benzene rings is 1. The number of anilines is 1. The smallest absolute Gasteiger partial charge is 0.0637 e. The SMILES string of the molecule is CC1SCCC1(CN)Nc1ccccc1Cl. The Bertz CT molecular complexity index is 372. The summed E-state index contributed by atoms with van der Waals surface area (Å²) in [5.74, 6) is 1.16. The summed E-state index contributed by atoms with van der Waals surface area (Å²) >= 11 is 8.13. The van der Waals surface area contributed by atoms with Gasteiger partial charge < -0.3 is 11.1 Å². The van der Waals surface area contributed by atoms with E-state index in [1.807, 2.05) is 36.0 Å². The van der Waals surface area contributed by atoms with Gasteiger partial charge in [-0.2, -0.15) is 11.8 Å². The largest absolute Gasteiger partial charge is 0.376 e. The highest BCUT2D eigenvalue weighted by molar-refractivity contribution is 8.00. The molecule has 0 aromatic heterocycles. The molecule has 3 N–H and O–H groups in total. The quantitative estimate of drug-likeness (QED) is 0.873. The van der Waals surface area contributed by atoms with Gasteiger partial charge in [0.2, 0.25) is 0 Å². The Balaban J connectivity index is 2.22. The number of hydrogen-bond acceptors (Lipinski definition) is 3. The highest BCUT2D eigenvalue weighted by Gasteiger charge is 2.39. The minimum atomic E-state index is -0.00431. The van der Waals surface area contributed by atoms with E-state index in [4.69, 9.17) is 17.3 Å². The summed E-state index contributed by atoms with van der Waals surface area (Å²) in [7, 11) is 0. The highest BCUT2D eigenvalue weighted by Crippen LogP contribution is 2.38. The molecule has 0 spiro atoms. The lowest BCUT2D eigenvalue weighted by Crippen LogP contribution is -2.49. The lowest BCUT2D eigenvalue weighted by molar-refractivity contribution is 0.480. The molecule has 1 heterocycles. The van der Waals surface area contributed by atoms with Gasteiger partial charge in [-0.05, 0) is 24.3 Å². The Morgan fingerprint density at radius 1 is 1.56 bits per heavy atom. The lowest BCUT2D eigenvalue weighted by atomic mass is 9.92. The van der Waals surface area contributed by atoms with Crippen LogP contribution in [0.15, 0.2) is 24.3 Å². The lowest BCUT2D eigenvalue weighted by Gasteiger charge is -2.34. The molecule has 0 saturated carbocycles. The van der Waals surface area contributed by atoms with Gasteiger partial charge in [-0.1, -0.05) is 30.7 Å². The van der Waals surface area contributed by atoms with E-state index in [9.17, 15) is 0 Å². The van der Waals surface area contributed by atoms with Crippen molar-refractivity contribution in [3.8, 4) is 0 Å². The van der Waals surface area contributed by atoms with Gasteiger partial charge in [0, 0.05) is 11.8 Å². The van der Waals surface area contributed by atoms with E-state index in [1.165, 1.54) is 0 Å². The molecule has 2 rings (SSSR count). The maximum Gasteiger partial charge on any atom is 0.0637 e. The first kappa shape index (κ1) is 12.1. The van der Waals surface area contributed by atoms with Crippen molar-refractivity contribution in [3.05, 3.63) is 29.3 Å². The van der Waals surface area contributed by atoms with Crippen LogP contribution in [0.2, 0.25) is 5.02 Å². The molecular formula is C12H17ClN2S. The van der Waals surface area contributed by atoms with Crippen LogP contribution in [0.3, 0.4) is 0 Å². The van der Waals surface area contributed by atoms with Crippen molar-refractivity contribution in [1.29, 1.82) is 0 Å². The summed E-state index contributed by atoms with van der Waals surface area (Å²) in [6.45, 7) is 2.88. The van der Waals surface area contributed by atoms with Crippen molar-refractivity contribution in [3.63, 3.8) is 0 Å². The molecule has 4 heteroatoms. The molecule has 1 aromatic carbocycles. The maximum atomic E-state index is 6.16.